The summed E-state index contributed by atoms with van der Waals surface area (Å²) in [4.78, 5) is 29.4. The van der Waals surface area contributed by atoms with Crippen LogP contribution in [-0.2, 0) is 20.9 Å². The lowest BCUT2D eigenvalue weighted by Gasteiger charge is -2.55. The second kappa shape index (κ2) is 8.33. The zero-order valence-corrected chi connectivity index (χ0v) is 17.6. The van der Waals surface area contributed by atoms with Gasteiger partial charge in [0.15, 0.2) is 0 Å². The van der Waals surface area contributed by atoms with E-state index in [9.17, 15) is 9.59 Å². The van der Waals surface area contributed by atoms with Gasteiger partial charge >= 0.3 is 5.97 Å². The average Bonchev–Trinajstić information content (AvgIpc) is 2.76. The highest BCUT2D eigenvalue weighted by atomic mass is 16.5. The van der Waals surface area contributed by atoms with Crippen molar-refractivity contribution in [3.8, 4) is 11.5 Å². The Morgan fingerprint density at radius 3 is 2.39 bits per heavy atom. The summed E-state index contributed by atoms with van der Waals surface area (Å²) in [6.07, 6.45) is 10.1. The highest BCUT2D eigenvalue weighted by Gasteiger charge is 2.54. The number of hydrogen-bond acceptors (Lipinski definition) is 5. The van der Waals surface area contributed by atoms with Crippen molar-refractivity contribution in [3.05, 3.63) is 54.4 Å². The topological polar surface area (TPSA) is 77.5 Å². The van der Waals surface area contributed by atoms with E-state index < -0.39 is 5.97 Å². The summed E-state index contributed by atoms with van der Waals surface area (Å²) < 4.78 is 11.3. The molecule has 4 aliphatic rings. The fraction of sp³-hybridized carbons (Fsp3) is 0.480. The molecule has 0 atom stereocenters. The number of carbonyl (C=O) groups is 2. The molecule has 1 heterocycles. The van der Waals surface area contributed by atoms with Crippen LogP contribution in [0.2, 0.25) is 0 Å². The molecule has 0 saturated heterocycles. The standard InChI is InChI=1S/C25H28N2O4/c28-23(15-27-24(29)25-11-17-8-18(12-25)10-19(9-17)13-25)30-16-20-4-1-2-6-22(20)31-21-5-3-7-26-14-21/h1-7,14,17-19H,8-13,15-16H2,(H,27,29). The molecule has 2 aromatic rings. The van der Waals surface area contributed by atoms with Gasteiger partial charge in [0.25, 0.3) is 0 Å². The van der Waals surface area contributed by atoms with Crippen molar-refractivity contribution in [1.82, 2.24) is 10.3 Å². The Kier molecular flexibility index (Phi) is 5.38. The van der Waals surface area contributed by atoms with Crippen molar-refractivity contribution < 1.29 is 19.1 Å². The monoisotopic (exact) mass is 420 g/mol. The van der Waals surface area contributed by atoms with Gasteiger partial charge in [0.2, 0.25) is 5.91 Å². The molecule has 31 heavy (non-hydrogen) atoms. The number of rotatable bonds is 7. The van der Waals surface area contributed by atoms with Crippen LogP contribution in [0.3, 0.4) is 0 Å². The molecule has 6 heteroatoms. The molecule has 0 unspecified atom stereocenters. The van der Waals surface area contributed by atoms with E-state index >= 15 is 0 Å². The van der Waals surface area contributed by atoms with Crippen LogP contribution in [0.25, 0.3) is 0 Å². The van der Waals surface area contributed by atoms with Crippen LogP contribution >= 0.6 is 0 Å². The first-order chi connectivity index (χ1) is 15.1. The van der Waals surface area contributed by atoms with Gasteiger partial charge in [0.05, 0.1) is 6.20 Å². The van der Waals surface area contributed by atoms with Crippen molar-refractivity contribution >= 4 is 11.9 Å². The first-order valence-corrected chi connectivity index (χ1v) is 11.2. The number of hydrogen-bond donors (Lipinski definition) is 1. The summed E-state index contributed by atoms with van der Waals surface area (Å²) in [6, 6.07) is 11.0. The third kappa shape index (κ3) is 4.29. The molecule has 4 fully saturated rings. The van der Waals surface area contributed by atoms with Gasteiger partial charge in [-0.15, -0.1) is 0 Å². The van der Waals surface area contributed by atoms with Crippen LogP contribution in [0.4, 0.5) is 0 Å². The number of carbonyl (C=O) groups excluding carboxylic acids is 2. The molecule has 4 bridgehead atoms. The second-order valence-corrected chi connectivity index (χ2v) is 9.44. The predicted molar refractivity (Wildman–Crippen MR) is 114 cm³/mol. The van der Waals surface area contributed by atoms with Crippen molar-refractivity contribution in [2.75, 3.05) is 6.54 Å². The number of aromatic nitrogens is 1. The Labute approximate surface area is 182 Å². The first-order valence-electron chi connectivity index (χ1n) is 11.2. The van der Waals surface area contributed by atoms with E-state index in [2.05, 4.69) is 10.3 Å². The summed E-state index contributed by atoms with van der Waals surface area (Å²) in [5.74, 6) is 2.92. The Morgan fingerprint density at radius 2 is 1.71 bits per heavy atom. The molecule has 4 saturated carbocycles. The fourth-order valence-corrected chi connectivity index (χ4v) is 6.20. The van der Waals surface area contributed by atoms with E-state index in [-0.39, 0.29) is 24.5 Å². The summed E-state index contributed by atoms with van der Waals surface area (Å²) in [7, 11) is 0. The summed E-state index contributed by atoms with van der Waals surface area (Å²) in [5, 5.41) is 2.88. The van der Waals surface area contributed by atoms with Gasteiger partial charge in [-0.2, -0.15) is 0 Å². The van der Waals surface area contributed by atoms with Gasteiger partial charge in [-0.05, 0) is 74.5 Å². The maximum absolute atomic E-state index is 13.0. The number of nitrogens with zero attached hydrogens (tertiary/aromatic N) is 1. The van der Waals surface area contributed by atoms with Crippen LogP contribution in [0.5, 0.6) is 11.5 Å². The molecule has 0 radical (unpaired) electrons. The third-order valence-corrected chi connectivity index (χ3v) is 7.14. The normalized spacial score (nSPS) is 28.2. The van der Waals surface area contributed by atoms with Crippen molar-refractivity contribution in [2.24, 2.45) is 23.2 Å². The van der Waals surface area contributed by atoms with Crippen LogP contribution in [0.15, 0.2) is 48.8 Å². The minimum atomic E-state index is -0.436. The minimum Gasteiger partial charge on any atom is -0.459 e. The zero-order chi connectivity index (χ0) is 21.3. The van der Waals surface area contributed by atoms with E-state index in [0.29, 0.717) is 29.3 Å². The van der Waals surface area contributed by atoms with Crippen molar-refractivity contribution in [2.45, 2.75) is 45.1 Å². The van der Waals surface area contributed by atoms with E-state index in [4.69, 9.17) is 9.47 Å². The lowest BCUT2D eigenvalue weighted by Crippen LogP contribution is -2.54. The fourth-order valence-electron chi connectivity index (χ4n) is 6.20. The number of amides is 1. The smallest absolute Gasteiger partial charge is 0.325 e. The number of esters is 1. The summed E-state index contributed by atoms with van der Waals surface area (Å²) >= 11 is 0. The zero-order valence-electron chi connectivity index (χ0n) is 17.6. The van der Waals surface area contributed by atoms with Crippen LogP contribution in [0, 0.1) is 23.2 Å². The van der Waals surface area contributed by atoms with Gasteiger partial charge < -0.3 is 14.8 Å². The molecular formula is C25H28N2O4. The van der Waals surface area contributed by atoms with E-state index in [1.54, 1.807) is 18.5 Å². The SMILES string of the molecule is O=C(CNC(=O)C12CC3CC(CC(C3)C1)C2)OCc1ccccc1Oc1cccnc1. The molecule has 0 spiro atoms. The van der Waals surface area contributed by atoms with Crippen LogP contribution < -0.4 is 10.1 Å². The summed E-state index contributed by atoms with van der Waals surface area (Å²) in [5.41, 5.74) is 0.506. The Balaban J connectivity index is 1.14. The third-order valence-electron chi connectivity index (χ3n) is 7.14. The van der Waals surface area contributed by atoms with Gasteiger partial charge in [0, 0.05) is 17.2 Å². The molecule has 162 valence electrons. The number of pyridine rings is 1. The van der Waals surface area contributed by atoms with Crippen LogP contribution in [0.1, 0.15) is 44.1 Å². The minimum absolute atomic E-state index is 0.0452. The molecule has 1 N–H and O–H groups in total. The molecule has 4 aliphatic carbocycles. The number of para-hydroxylation sites is 1. The highest BCUT2D eigenvalue weighted by molar-refractivity contribution is 5.86. The van der Waals surface area contributed by atoms with Gasteiger partial charge in [-0.25, -0.2) is 0 Å². The van der Waals surface area contributed by atoms with Gasteiger partial charge in [-0.1, -0.05) is 18.2 Å². The van der Waals surface area contributed by atoms with E-state index in [1.165, 1.54) is 19.3 Å². The molecule has 1 aromatic carbocycles. The van der Waals surface area contributed by atoms with Gasteiger partial charge in [-0.3, -0.25) is 14.6 Å². The number of benzene rings is 1. The lowest BCUT2D eigenvalue weighted by atomic mass is 9.49. The average molecular weight is 421 g/mol. The van der Waals surface area contributed by atoms with E-state index in [0.717, 1.165) is 24.8 Å². The largest absolute Gasteiger partial charge is 0.459 e. The number of nitrogens with one attached hydrogen (secondary N) is 1. The molecule has 0 aliphatic heterocycles. The first kappa shape index (κ1) is 20.0. The molecule has 6 rings (SSSR count). The quantitative estimate of drug-likeness (QED) is 0.678. The molecular weight excluding hydrogens is 392 g/mol. The lowest BCUT2D eigenvalue weighted by molar-refractivity contribution is -0.151. The maximum Gasteiger partial charge on any atom is 0.325 e. The highest BCUT2D eigenvalue weighted by Crippen LogP contribution is 2.60. The molecule has 1 amide bonds. The summed E-state index contributed by atoms with van der Waals surface area (Å²) in [6.45, 7) is -0.00524. The second-order valence-electron chi connectivity index (χ2n) is 9.44. The Hall–Kier alpha value is -2.89. The molecule has 6 nitrogen and oxygen atoms in total. The van der Waals surface area contributed by atoms with Gasteiger partial charge in [0.1, 0.15) is 24.7 Å². The van der Waals surface area contributed by atoms with Crippen molar-refractivity contribution in [1.29, 1.82) is 0 Å². The Morgan fingerprint density at radius 1 is 1.00 bits per heavy atom. The van der Waals surface area contributed by atoms with Crippen LogP contribution in [-0.4, -0.2) is 23.4 Å². The Bertz CT molecular complexity index is 924. The molecule has 1 aromatic heterocycles. The maximum atomic E-state index is 13.0. The van der Waals surface area contributed by atoms with Crippen molar-refractivity contribution in [3.63, 3.8) is 0 Å². The number of ether oxygens (including phenoxy) is 2. The van der Waals surface area contributed by atoms with E-state index in [1.807, 2.05) is 30.3 Å². The predicted octanol–water partition coefficient (Wildman–Crippen LogP) is 4.25.